The molecule has 1 aliphatic carbocycles. The minimum atomic E-state index is 0.0732. The lowest BCUT2D eigenvalue weighted by Crippen LogP contribution is -2.13. The third-order valence-electron chi connectivity index (χ3n) is 3.31. The fraction of sp³-hybridized carbons (Fsp3) is 0.214. The lowest BCUT2D eigenvalue weighted by Gasteiger charge is -2.04. The van der Waals surface area contributed by atoms with Gasteiger partial charge in [0.2, 0.25) is 0 Å². The summed E-state index contributed by atoms with van der Waals surface area (Å²) in [6.07, 6.45) is 1.70. The maximum atomic E-state index is 12.4. The van der Waals surface area contributed by atoms with Gasteiger partial charge in [-0.3, -0.25) is 4.79 Å². The molecule has 0 unspecified atom stereocenters. The summed E-state index contributed by atoms with van der Waals surface area (Å²) in [5.41, 5.74) is 2.61. The molecular weight excluding hydrogens is 332 g/mol. The Bertz CT molecular complexity index is 576. The summed E-state index contributed by atoms with van der Waals surface area (Å²) in [7, 11) is 0. The first-order valence-electron chi connectivity index (χ1n) is 5.71. The van der Waals surface area contributed by atoms with Crippen LogP contribution in [0.3, 0.4) is 0 Å². The van der Waals surface area contributed by atoms with Gasteiger partial charge >= 0.3 is 0 Å². The van der Waals surface area contributed by atoms with E-state index in [1.807, 2.05) is 12.1 Å². The third kappa shape index (κ3) is 2.15. The van der Waals surface area contributed by atoms with Crippen molar-refractivity contribution >= 4 is 44.7 Å². The zero-order valence-corrected chi connectivity index (χ0v) is 12.6. The van der Waals surface area contributed by atoms with Crippen LogP contribution in [-0.2, 0) is 12.8 Å². The van der Waals surface area contributed by atoms with Gasteiger partial charge in [0.1, 0.15) is 0 Å². The van der Waals surface area contributed by atoms with Crippen LogP contribution in [0.4, 0.5) is 0 Å². The number of benzene rings is 1. The van der Waals surface area contributed by atoms with Crippen molar-refractivity contribution in [1.82, 2.24) is 0 Å². The van der Waals surface area contributed by atoms with Crippen LogP contribution in [-0.4, -0.2) is 5.78 Å². The highest BCUT2D eigenvalue weighted by atomic mass is 79.9. The Morgan fingerprint density at radius 2 is 1.89 bits per heavy atom. The van der Waals surface area contributed by atoms with E-state index in [-0.39, 0.29) is 11.7 Å². The van der Waals surface area contributed by atoms with Crippen molar-refractivity contribution in [2.24, 2.45) is 5.92 Å². The summed E-state index contributed by atoms with van der Waals surface area (Å²) in [6.45, 7) is 0. The van der Waals surface area contributed by atoms with Crippen LogP contribution < -0.4 is 0 Å². The number of hydrogen-bond acceptors (Lipinski definition) is 2. The molecular formula is C14H10BrClOS. The molecule has 0 amide bonds. The van der Waals surface area contributed by atoms with E-state index in [4.69, 9.17) is 11.6 Å². The number of fused-ring (bicyclic) bond motifs is 1. The number of ketones is 1. The van der Waals surface area contributed by atoms with Crippen molar-refractivity contribution in [3.05, 3.63) is 55.1 Å². The summed E-state index contributed by atoms with van der Waals surface area (Å²) in [6, 6.07) is 10.1. The molecule has 0 saturated heterocycles. The largest absolute Gasteiger partial charge is 0.293 e. The maximum Gasteiger partial charge on any atom is 0.176 e. The Kier molecular flexibility index (Phi) is 3.31. The van der Waals surface area contributed by atoms with Crippen molar-refractivity contribution in [1.29, 1.82) is 0 Å². The molecule has 0 fully saturated rings. The lowest BCUT2D eigenvalue weighted by atomic mass is 10.00. The Morgan fingerprint density at radius 1 is 1.28 bits per heavy atom. The SMILES string of the molecule is O=C(c1cc(Cl)c(Br)s1)C1Cc2ccccc2C1. The van der Waals surface area contributed by atoms with E-state index in [0.29, 0.717) is 5.02 Å². The monoisotopic (exact) mass is 340 g/mol. The molecule has 1 aliphatic rings. The predicted octanol–water partition coefficient (Wildman–Crippen LogP) is 4.76. The molecule has 4 heteroatoms. The van der Waals surface area contributed by atoms with Crippen molar-refractivity contribution in [2.75, 3.05) is 0 Å². The van der Waals surface area contributed by atoms with Crippen LogP contribution in [0, 0.1) is 5.92 Å². The van der Waals surface area contributed by atoms with Crippen LogP contribution in [0.25, 0.3) is 0 Å². The molecule has 1 nitrogen and oxygen atoms in total. The average molecular weight is 342 g/mol. The number of halogens is 2. The van der Waals surface area contributed by atoms with Crippen molar-refractivity contribution < 1.29 is 4.79 Å². The number of rotatable bonds is 2. The number of carbonyl (C=O) groups excluding carboxylic acids is 1. The third-order valence-corrected chi connectivity index (χ3v) is 5.80. The second-order valence-corrected chi connectivity index (χ2v) is 7.25. The summed E-state index contributed by atoms with van der Waals surface area (Å²) >= 11 is 10.8. The normalized spacial score (nSPS) is 14.8. The minimum Gasteiger partial charge on any atom is -0.293 e. The van der Waals surface area contributed by atoms with Gasteiger partial charge in [-0.2, -0.15) is 0 Å². The first-order chi connectivity index (χ1) is 8.65. The maximum absolute atomic E-state index is 12.4. The van der Waals surface area contributed by atoms with Gasteiger partial charge in [-0.25, -0.2) is 0 Å². The number of Topliss-reactive ketones (excluding diaryl/α,β-unsaturated/α-hetero) is 1. The molecule has 0 radical (unpaired) electrons. The van der Waals surface area contributed by atoms with Gasteiger partial charge in [0.15, 0.2) is 5.78 Å². The molecule has 2 aromatic rings. The fourth-order valence-corrected chi connectivity index (χ4v) is 4.13. The van der Waals surface area contributed by atoms with Gasteiger partial charge < -0.3 is 0 Å². The summed E-state index contributed by atoms with van der Waals surface area (Å²) in [5, 5.41) is 0.624. The molecule has 1 aromatic carbocycles. The molecule has 0 aliphatic heterocycles. The Balaban J connectivity index is 1.84. The van der Waals surface area contributed by atoms with E-state index >= 15 is 0 Å². The molecule has 0 spiro atoms. The van der Waals surface area contributed by atoms with Gasteiger partial charge in [0.25, 0.3) is 0 Å². The van der Waals surface area contributed by atoms with E-state index < -0.39 is 0 Å². The Labute approximate surface area is 123 Å². The highest BCUT2D eigenvalue weighted by molar-refractivity contribution is 9.11. The highest BCUT2D eigenvalue weighted by Crippen LogP contribution is 2.36. The summed E-state index contributed by atoms with van der Waals surface area (Å²) in [5.74, 6) is 0.285. The zero-order valence-electron chi connectivity index (χ0n) is 9.45. The molecule has 0 N–H and O–H groups in total. The molecule has 1 aromatic heterocycles. The molecule has 3 rings (SSSR count). The van der Waals surface area contributed by atoms with E-state index in [1.165, 1.54) is 22.5 Å². The molecule has 0 bridgehead atoms. The van der Waals surface area contributed by atoms with Crippen molar-refractivity contribution in [2.45, 2.75) is 12.8 Å². The zero-order chi connectivity index (χ0) is 12.7. The number of hydrogen-bond donors (Lipinski definition) is 0. The van der Waals surface area contributed by atoms with Gasteiger partial charge in [-0.05, 0) is 46.0 Å². The number of carbonyl (C=O) groups is 1. The number of thiophene rings is 1. The van der Waals surface area contributed by atoms with Gasteiger partial charge in [0.05, 0.1) is 13.7 Å². The topological polar surface area (TPSA) is 17.1 Å². The molecule has 92 valence electrons. The average Bonchev–Trinajstić information content (AvgIpc) is 2.93. The minimum absolute atomic E-state index is 0.0732. The standard InChI is InChI=1S/C14H10BrClOS/c15-14-11(16)7-12(18-14)13(17)10-5-8-3-1-2-4-9(8)6-10/h1-4,7,10H,5-6H2. The first kappa shape index (κ1) is 12.4. The van der Waals surface area contributed by atoms with E-state index in [1.54, 1.807) is 6.07 Å². The molecule has 18 heavy (non-hydrogen) atoms. The van der Waals surface area contributed by atoms with Crippen LogP contribution >= 0.6 is 38.9 Å². The summed E-state index contributed by atoms with van der Waals surface area (Å²) in [4.78, 5) is 13.2. The van der Waals surface area contributed by atoms with Crippen molar-refractivity contribution in [3.63, 3.8) is 0 Å². The molecule has 0 saturated carbocycles. The van der Waals surface area contributed by atoms with E-state index in [9.17, 15) is 4.79 Å². The van der Waals surface area contributed by atoms with E-state index in [2.05, 4.69) is 28.1 Å². The van der Waals surface area contributed by atoms with Crippen LogP contribution in [0.1, 0.15) is 20.8 Å². The van der Waals surface area contributed by atoms with Gasteiger partial charge in [-0.1, -0.05) is 35.9 Å². The van der Waals surface area contributed by atoms with Gasteiger partial charge in [0, 0.05) is 5.92 Å². The second kappa shape index (κ2) is 4.80. The predicted molar refractivity (Wildman–Crippen MR) is 78.7 cm³/mol. The highest BCUT2D eigenvalue weighted by Gasteiger charge is 2.29. The van der Waals surface area contributed by atoms with E-state index in [0.717, 1.165) is 21.5 Å². The fourth-order valence-electron chi connectivity index (χ4n) is 2.41. The Hall–Kier alpha value is -0.640. The van der Waals surface area contributed by atoms with Crippen LogP contribution in [0.2, 0.25) is 5.02 Å². The second-order valence-electron chi connectivity index (χ2n) is 4.47. The molecule has 1 heterocycles. The van der Waals surface area contributed by atoms with Crippen LogP contribution in [0.5, 0.6) is 0 Å². The first-order valence-corrected chi connectivity index (χ1v) is 7.69. The summed E-state index contributed by atoms with van der Waals surface area (Å²) < 4.78 is 0.836. The lowest BCUT2D eigenvalue weighted by molar-refractivity contribution is 0.0929. The van der Waals surface area contributed by atoms with Crippen LogP contribution in [0.15, 0.2) is 34.1 Å². The Morgan fingerprint density at radius 3 is 2.39 bits per heavy atom. The van der Waals surface area contributed by atoms with Crippen molar-refractivity contribution in [3.8, 4) is 0 Å². The quantitative estimate of drug-likeness (QED) is 0.720. The smallest absolute Gasteiger partial charge is 0.176 e. The van der Waals surface area contributed by atoms with Gasteiger partial charge in [-0.15, -0.1) is 11.3 Å². The molecule has 0 atom stereocenters.